The first-order chi connectivity index (χ1) is 18.1. The van der Waals surface area contributed by atoms with Crippen molar-refractivity contribution in [2.75, 3.05) is 11.9 Å². The van der Waals surface area contributed by atoms with Crippen molar-refractivity contribution < 1.29 is 27.9 Å². The summed E-state index contributed by atoms with van der Waals surface area (Å²) in [6, 6.07) is 17.7. The molecule has 1 heterocycles. The summed E-state index contributed by atoms with van der Waals surface area (Å²) < 4.78 is 41.4. The van der Waals surface area contributed by atoms with Crippen LogP contribution in [0.5, 0.6) is 0 Å². The molecule has 0 bridgehead atoms. The summed E-state index contributed by atoms with van der Waals surface area (Å²) in [4.78, 5) is 27.3. The summed E-state index contributed by atoms with van der Waals surface area (Å²) in [6.07, 6.45) is -4.68. The number of carbonyl (C=O) groups is 2. The van der Waals surface area contributed by atoms with Crippen LogP contribution in [0.4, 0.5) is 18.9 Å². The molecule has 11 heteroatoms. The minimum Gasteiger partial charge on any atom is -0.481 e. The minimum absolute atomic E-state index is 0.0220. The Balaban J connectivity index is 1.53. The molecule has 4 aromatic rings. The maximum absolute atomic E-state index is 13.5. The lowest BCUT2D eigenvalue weighted by Gasteiger charge is -2.14. The van der Waals surface area contributed by atoms with Gasteiger partial charge in [-0.15, -0.1) is 11.3 Å². The molecule has 0 aliphatic heterocycles. The number of benzene rings is 3. The van der Waals surface area contributed by atoms with Gasteiger partial charge in [-0.25, -0.2) is 4.98 Å². The average Bonchev–Trinajstić information content (AvgIpc) is 3.37. The van der Waals surface area contributed by atoms with E-state index in [9.17, 15) is 22.8 Å². The van der Waals surface area contributed by atoms with Gasteiger partial charge in [0.2, 0.25) is 0 Å². The standard InChI is InChI=1S/C27H21BrF3N3O3S/c28-20-3-1-2-18(12-20)23-15-38-26(34-23)21-13-19(27(29,30)31)8-9-22(21)33-14-16-4-6-17(7-5-16)25(37)32-11-10-24(35)36/h1-9,12-13,15,33H,10-11,14H2,(H,32,37)(H,35,36). The van der Waals surface area contributed by atoms with Gasteiger partial charge in [-0.1, -0.05) is 40.2 Å². The van der Waals surface area contributed by atoms with Gasteiger partial charge in [0.15, 0.2) is 0 Å². The minimum atomic E-state index is -4.50. The molecule has 4 rings (SSSR count). The molecule has 0 spiro atoms. The lowest BCUT2D eigenvalue weighted by atomic mass is 10.1. The molecule has 0 saturated heterocycles. The first kappa shape index (κ1) is 27.3. The Morgan fingerprint density at radius 2 is 1.79 bits per heavy atom. The molecule has 0 aliphatic carbocycles. The quantitative estimate of drug-likeness (QED) is 0.190. The zero-order chi connectivity index (χ0) is 27.3. The third-order valence-electron chi connectivity index (χ3n) is 5.53. The van der Waals surface area contributed by atoms with E-state index in [0.717, 1.165) is 27.7 Å². The molecule has 6 nitrogen and oxygen atoms in total. The zero-order valence-electron chi connectivity index (χ0n) is 19.7. The fraction of sp³-hybridized carbons (Fsp3) is 0.148. The molecule has 38 heavy (non-hydrogen) atoms. The highest BCUT2D eigenvalue weighted by Gasteiger charge is 2.31. The molecule has 0 unspecified atom stereocenters. The van der Waals surface area contributed by atoms with E-state index >= 15 is 0 Å². The molecular weight excluding hydrogens is 583 g/mol. The van der Waals surface area contributed by atoms with Gasteiger partial charge in [-0.05, 0) is 48.0 Å². The molecule has 1 aromatic heterocycles. The average molecular weight is 604 g/mol. The summed E-state index contributed by atoms with van der Waals surface area (Å²) in [5.74, 6) is -1.39. The molecule has 3 N–H and O–H groups in total. The Morgan fingerprint density at radius 1 is 1.03 bits per heavy atom. The number of aliphatic carboxylic acids is 1. The maximum Gasteiger partial charge on any atom is 0.416 e. The number of anilines is 1. The van der Waals surface area contributed by atoms with E-state index in [1.165, 1.54) is 17.4 Å². The van der Waals surface area contributed by atoms with Gasteiger partial charge in [0.1, 0.15) is 5.01 Å². The fourth-order valence-electron chi connectivity index (χ4n) is 3.59. The third-order valence-corrected chi connectivity index (χ3v) is 6.89. The summed E-state index contributed by atoms with van der Waals surface area (Å²) in [6.45, 7) is 0.317. The number of halogens is 4. The number of hydrogen-bond acceptors (Lipinski definition) is 5. The van der Waals surface area contributed by atoms with Crippen molar-refractivity contribution >= 4 is 44.8 Å². The van der Waals surface area contributed by atoms with E-state index in [2.05, 4.69) is 31.5 Å². The van der Waals surface area contributed by atoms with Gasteiger partial charge in [-0.2, -0.15) is 13.2 Å². The van der Waals surface area contributed by atoms with Crippen molar-refractivity contribution in [1.82, 2.24) is 10.3 Å². The van der Waals surface area contributed by atoms with Gasteiger partial charge in [0.25, 0.3) is 5.91 Å². The van der Waals surface area contributed by atoms with Gasteiger partial charge < -0.3 is 15.7 Å². The molecule has 1 amide bonds. The molecule has 0 aliphatic rings. The first-order valence-electron chi connectivity index (χ1n) is 11.4. The first-order valence-corrected chi connectivity index (χ1v) is 13.0. The van der Waals surface area contributed by atoms with Crippen LogP contribution >= 0.6 is 27.3 Å². The van der Waals surface area contributed by atoms with Gasteiger partial charge >= 0.3 is 12.1 Å². The summed E-state index contributed by atoms with van der Waals surface area (Å²) in [7, 11) is 0. The SMILES string of the molecule is O=C(O)CCNC(=O)c1ccc(CNc2ccc(C(F)(F)F)cc2-c2nc(-c3cccc(Br)c3)cs2)cc1. The topological polar surface area (TPSA) is 91.3 Å². The Kier molecular flexibility index (Phi) is 8.48. The monoisotopic (exact) mass is 603 g/mol. The molecule has 0 radical (unpaired) electrons. The van der Waals surface area contributed by atoms with Crippen LogP contribution in [0.15, 0.2) is 76.6 Å². The second kappa shape index (κ2) is 11.8. The second-order valence-corrected chi connectivity index (χ2v) is 10.0. The smallest absolute Gasteiger partial charge is 0.416 e. The van der Waals surface area contributed by atoms with Gasteiger partial charge in [-0.3, -0.25) is 9.59 Å². The Bertz CT molecular complexity index is 1460. The number of carbonyl (C=O) groups excluding carboxylic acids is 1. The predicted octanol–water partition coefficient (Wildman–Crippen LogP) is 7.08. The number of nitrogens with one attached hydrogen (secondary N) is 2. The van der Waals surface area contributed by atoms with Crippen LogP contribution in [-0.4, -0.2) is 28.5 Å². The van der Waals surface area contributed by atoms with Crippen LogP contribution in [-0.2, 0) is 17.5 Å². The largest absolute Gasteiger partial charge is 0.481 e. The number of thiazole rings is 1. The highest BCUT2D eigenvalue weighted by atomic mass is 79.9. The molecule has 0 fully saturated rings. The number of carboxylic acids is 1. The van der Waals surface area contributed by atoms with Crippen molar-refractivity contribution in [3.05, 3.63) is 93.3 Å². The summed E-state index contributed by atoms with van der Waals surface area (Å²) in [5, 5.41) is 16.6. The highest BCUT2D eigenvalue weighted by molar-refractivity contribution is 9.10. The van der Waals surface area contributed by atoms with E-state index in [-0.39, 0.29) is 18.9 Å². The van der Waals surface area contributed by atoms with Crippen molar-refractivity contribution in [3.63, 3.8) is 0 Å². The van der Waals surface area contributed by atoms with Crippen LogP contribution in [0, 0.1) is 0 Å². The van der Waals surface area contributed by atoms with E-state index in [0.29, 0.717) is 34.1 Å². The van der Waals surface area contributed by atoms with Gasteiger partial charge in [0.05, 0.1) is 17.7 Å². The van der Waals surface area contributed by atoms with E-state index in [1.807, 2.05) is 24.3 Å². The number of nitrogens with zero attached hydrogens (tertiary/aromatic N) is 1. The van der Waals surface area contributed by atoms with Crippen molar-refractivity contribution in [1.29, 1.82) is 0 Å². The molecule has 0 atom stereocenters. The normalized spacial score (nSPS) is 11.3. The highest BCUT2D eigenvalue weighted by Crippen LogP contribution is 2.38. The molecule has 196 valence electrons. The van der Waals surface area contributed by atoms with Crippen LogP contribution in [0.1, 0.15) is 27.9 Å². The number of alkyl halides is 3. The van der Waals surface area contributed by atoms with E-state index in [4.69, 9.17) is 5.11 Å². The summed E-state index contributed by atoms with van der Waals surface area (Å²) >= 11 is 4.68. The number of amides is 1. The number of carboxylic acid groups (broad SMARTS) is 1. The van der Waals surface area contributed by atoms with Crippen LogP contribution in [0.25, 0.3) is 21.8 Å². The Labute approximate surface area is 228 Å². The van der Waals surface area contributed by atoms with Crippen LogP contribution in [0.2, 0.25) is 0 Å². The lowest BCUT2D eigenvalue weighted by molar-refractivity contribution is -0.138. The molecule has 3 aromatic carbocycles. The van der Waals surface area contributed by atoms with Crippen LogP contribution < -0.4 is 10.6 Å². The van der Waals surface area contributed by atoms with Crippen molar-refractivity contribution in [2.24, 2.45) is 0 Å². The number of hydrogen-bond donors (Lipinski definition) is 3. The third kappa shape index (κ3) is 6.99. The maximum atomic E-state index is 13.5. The molecule has 0 saturated carbocycles. The second-order valence-electron chi connectivity index (χ2n) is 8.26. The summed E-state index contributed by atoms with van der Waals surface area (Å²) in [5.41, 5.74) is 2.73. The van der Waals surface area contributed by atoms with E-state index < -0.39 is 17.7 Å². The molecular formula is C27H21BrF3N3O3S. The van der Waals surface area contributed by atoms with Crippen molar-refractivity contribution in [3.8, 4) is 21.8 Å². The van der Waals surface area contributed by atoms with Crippen molar-refractivity contribution in [2.45, 2.75) is 19.1 Å². The zero-order valence-corrected chi connectivity index (χ0v) is 22.1. The number of aromatic nitrogens is 1. The van der Waals surface area contributed by atoms with Gasteiger partial charge in [0, 0.05) is 45.3 Å². The predicted molar refractivity (Wildman–Crippen MR) is 144 cm³/mol. The van der Waals surface area contributed by atoms with Crippen LogP contribution in [0.3, 0.4) is 0 Å². The van der Waals surface area contributed by atoms with E-state index in [1.54, 1.807) is 29.6 Å². The number of rotatable bonds is 9. The Hall–Kier alpha value is -3.70. The lowest BCUT2D eigenvalue weighted by Crippen LogP contribution is -2.25. The Morgan fingerprint density at radius 3 is 2.47 bits per heavy atom. The fourth-order valence-corrected chi connectivity index (χ4v) is 4.84.